The Kier molecular flexibility index (Phi) is 4.22. The normalized spacial score (nSPS) is 10.9. The first-order chi connectivity index (χ1) is 12.3. The lowest BCUT2D eigenvalue weighted by Crippen LogP contribution is -2.12. The molecular formula is C18H14N4O2S. The van der Waals surface area contributed by atoms with Crippen molar-refractivity contribution in [3.8, 4) is 0 Å². The average Bonchev–Trinajstić information content (AvgIpc) is 3.28. The van der Waals surface area contributed by atoms with Gasteiger partial charge in [-0.2, -0.15) is 5.10 Å². The summed E-state index contributed by atoms with van der Waals surface area (Å²) in [5.41, 5.74) is 2.25. The van der Waals surface area contributed by atoms with Crippen LogP contribution in [0.15, 0.2) is 70.5 Å². The SMILES string of the molecule is O=C(Nc1ccccc1)c1oc2ccccc2c1CSc1ncn[nH]1. The average molecular weight is 350 g/mol. The number of thioether (sulfide) groups is 1. The van der Waals surface area contributed by atoms with Gasteiger partial charge in [0.1, 0.15) is 11.9 Å². The molecule has 0 aliphatic heterocycles. The number of fused-ring (bicyclic) bond motifs is 1. The Morgan fingerprint density at radius 3 is 2.72 bits per heavy atom. The maximum atomic E-state index is 12.7. The molecule has 0 spiro atoms. The van der Waals surface area contributed by atoms with Crippen LogP contribution >= 0.6 is 11.8 Å². The van der Waals surface area contributed by atoms with E-state index in [1.54, 1.807) is 0 Å². The van der Waals surface area contributed by atoms with Gasteiger partial charge in [-0.05, 0) is 18.2 Å². The second kappa shape index (κ2) is 6.82. The molecule has 0 aliphatic rings. The number of benzene rings is 2. The van der Waals surface area contributed by atoms with Crippen molar-refractivity contribution in [2.24, 2.45) is 0 Å². The third kappa shape index (κ3) is 3.27. The predicted molar refractivity (Wildman–Crippen MR) is 96.6 cm³/mol. The van der Waals surface area contributed by atoms with E-state index in [0.29, 0.717) is 22.3 Å². The fourth-order valence-electron chi connectivity index (χ4n) is 2.54. The van der Waals surface area contributed by atoms with E-state index in [9.17, 15) is 4.79 Å². The van der Waals surface area contributed by atoms with Crippen LogP contribution < -0.4 is 5.32 Å². The number of furan rings is 1. The van der Waals surface area contributed by atoms with Gasteiger partial charge in [-0.3, -0.25) is 9.89 Å². The molecule has 0 radical (unpaired) electrons. The zero-order valence-electron chi connectivity index (χ0n) is 13.1. The zero-order valence-corrected chi connectivity index (χ0v) is 13.9. The highest BCUT2D eigenvalue weighted by atomic mass is 32.2. The van der Waals surface area contributed by atoms with E-state index in [0.717, 1.165) is 16.6 Å². The molecule has 4 aromatic rings. The summed E-state index contributed by atoms with van der Waals surface area (Å²) >= 11 is 1.47. The van der Waals surface area contributed by atoms with Crippen molar-refractivity contribution in [3.05, 3.63) is 72.2 Å². The van der Waals surface area contributed by atoms with Gasteiger partial charge in [0.05, 0.1) is 0 Å². The number of hydrogen-bond donors (Lipinski definition) is 2. The number of rotatable bonds is 5. The van der Waals surface area contributed by atoms with Crippen LogP contribution in [0.3, 0.4) is 0 Å². The summed E-state index contributed by atoms with van der Waals surface area (Å²) in [7, 11) is 0. The van der Waals surface area contributed by atoms with Gasteiger partial charge in [-0.25, -0.2) is 4.98 Å². The number of hydrogen-bond acceptors (Lipinski definition) is 5. The number of nitrogens with zero attached hydrogens (tertiary/aromatic N) is 2. The standard InChI is InChI=1S/C18H14N4O2S/c23-17(21-12-6-2-1-3-7-12)16-14(10-25-18-19-11-20-22-18)13-8-4-5-9-15(13)24-16/h1-9,11H,10H2,(H,21,23)(H,19,20,22). The molecule has 2 heterocycles. The summed E-state index contributed by atoms with van der Waals surface area (Å²) in [5.74, 6) is 0.594. The van der Waals surface area contributed by atoms with Crippen LogP contribution in [0.2, 0.25) is 0 Å². The van der Waals surface area contributed by atoms with Crippen LogP contribution in [0.25, 0.3) is 11.0 Å². The van der Waals surface area contributed by atoms with Crippen molar-refractivity contribution in [2.45, 2.75) is 10.9 Å². The second-order valence-corrected chi connectivity index (χ2v) is 6.27. The smallest absolute Gasteiger partial charge is 0.291 e. The quantitative estimate of drug-likeness (QED) is 0.530. The Labute approximate surface area is 147 Å². The van der Waals surface area contributed by atoms with E-state index in [1.165, 1.54) is 18.1 Å². The second-order valence-electron chi connectivity index (χ2n) is 5.31. The topological polar surface area (TPSA) is 83.8 Å². The fraction of sp³-hybridized carbons (Fsp3) is 0.0556. The molecule has 2 aromatic carbocycles. The number of aromatic amines is 1. The van der Waals surface area contributed by atoms with E-state index in [4.69, 9.17) is 4.42 Å². The first kappa shape index (κ1) is 15.5. The number of anilines is 1. The minimum Gasteiger partial charge on any atom is -0.451 e. The Bertz CT molecular complexity index is 997. The summed E-state index contributed by atoms with van der Waals surface area (Å²) in [5, 5.41) is 11.1. The van der Waals surface area contributed by atoms with Crippen molar-refractivity contribution in [1.29, 1.82) is 0 Å². The van der Waals surface area contributed by atoms with Gasteiger partial charge in [0.15, 0.2) is 10.9 Å². The summed E-state index contributed by atoms with van der Waals surface area (Å²) in [6.07, 6.45) is 1.46. The number of nitrogens with one attached hydrogen (secondary N) is 2. The molecular weight excluding hydrogens is 336 g/mol. The summed E-state index contributed by atoms with van der Waals surface area (Å²) in [6.45, 7) is 0. The van der Waals surface area contributed by atoms with Crippen LogP contribution in [0.5, 0.6) is 0 Å². The van der Waals surface area contributed by atoms with Gasteiger partial charge in [0, 0.05) is 22.4 Å². The monoisotopic (exact) mass is 350 g/mol. The lowest BCUT2D eigenvalue weighted by Gasteiger charge is -2.05. The highest BCUT2D eigenvalue weighted by Crippen LogP contribution is 2.31. The molecule has 6 nitrogen and oxygen atoms in total. The van der Waals surface area contributed by atoms with Crippen molar-refractivity contribution >= 4 is 34.3 Å². The predicted octanol–water partition coefficient (Wildman–Crippen LogP) is 4.10. The van der Waals surface area contributed by atoms with Crippen molar-refractivity contribution < 1.29 is 9.21 Å². The van der Waals surface area contributed by atoms with Crippen LogP contribution in [-0.4, -0.2) is 21.1 Å². The van der Waals surface area contributed by atoms with E-state index in [1.807, 2.05) is 54.6 Å². The summed E-state index contributed by atoms with van der Waals surface area (Å²) in [6, 6.07) is 16.9. The zero-order chi connectivity index (χ0) is 17.1. The third-order valence-electron chi connectivity index (χ3n) is 3.68. The molecule has 7 heteroatoms. The summed E-state index contributed by atoms with van der Waals surface area (Å²) in [4.78, 5) is 16.8. The highest BCUT2D eigenvalue weighted by molar-refractivity contribution is 7.98. The highest BCUT2D eigenvalue weighted by Gasteiger charge is 2.21. The molecule has 0 unspecified atom stereocenters. The lowest BCUT2D eigenvalue weighted by molar-refractivity contribution is 0.0998. The number of H-pyrrole nitrogens is 1. The Balaban J connectivity index is 1.67. The maximum absolute atomic E-state index is 12.7. The molecule has 0 saturated carbocycles. The summed E-state index contributed by atoms with van der Waals surface area (Å²) < 4.78 is 5.83. The number of carbonyl (C=O) groups excluding carboxylic acids is 1. The van der Waals surface area contributed by atoms with Crippen LogP contribution in [-0.2, 0) is 5.75 Å². The van der Waals surface area contributed by atoms with Gasteiger partial charge < -0.3 is 9.73 Å². The van der Waals surface area contributed by atoms with Gasteiger partial charge in [-0.1, -0.05) is 48.2 Å². The Morgan fingerprint density at radius 2 is 1.92 bits per heavy atom. The molecule has 0 atom stereocenters. The largest absolute Gasteiger partial charge is 0.451 e. The van der Waals surface area contributed by atoms with Gasteiger partial charge in [0.2, 0.25) is 0 Å². The number of para-hydroxylation sites is 2. The molecule has 4 rings (SSSR count). The Hall–Kier alpha value is -3.06. The first-order valence-electron chi connectivity index (χ1n) is 7.66. The van der Waals surface area contributed by atoms with E-state index >= 15 is 0 Å². The third-order valence-corrected chi connectivity index (χ3v) is 4.59. The van der Waals surface area contributed by atoms with Crippen LogP contribution in [0.1, 0.15) is 16.1 Å². The lowest BCUT2D eigenvalue weighted by atomic mass is 10.1. The van der Waals surface area contributed by atoms with Crippen molar-refractivity contribution in [1.82, 2.24) is 15.2 Å². The number of amides is 1. The van der Waals surface area contributed by atoms with E-state index in [2.05, 4.69) is 20.5 Å². The van der Waals surface area contributed by atoms with Crippen LogP contribution in [0.4, 0.5) is 5.69 Å². The molecule has 0 aliphatic carbocycles. The molecule has 0 saturated heterocycles. The van der Waals surface area contributed by atoms with Crippen molar-refractivity contribution in [3.63, 3.8) is 0 Å². The molecule has 0 fully saturated rings. The van der Waals surface area contributed by atoms with Gasteiger partial charge in [0.25, 0.3) is 5.91 Å². The molecule has 0 bridgehead atoms. The van der Waals surface area contributed by atoms with Crippen LogP contribution in [0, 0.1) is 0 Å². The minimum absolute atomic E-state index is 0.268. The van der Waals surface area contributed by atoms with E-state index in [-0.39, 0.29) is 5.91 Å². The number of carbonyl (C=O) groups is 1. The van der Waals surface area contributed by atoms with Crippen molar-refractivity contribution in [2.75, 3.05) is 5.32 Å². The minimum atomic E-state index is -0.268. The fourth-order valence-corrected chi connectivity index (χ4v) is 3.35. The van der Waals surface area contributed by atoms with E-state index < -0.39 is 0 Å². The molecule has 25 heavy (non-hydrogen) atoms. The molecule has 2 N–H and O–H groups in total. The first-order valence-corrected chi connectivity index (χ1v) is 8.65. The Morgan fingerprint density at radius 1 is 1.12 bits per heavy atom. The number of aromatic nitrogens is 3. The van der Waals surface area contributed by atoms with Gasteiger partial charge >= 0.3 is 0 Å². The maximum Gasteiger partial charge on any atom is 0.291 e. The molecule has 124 valence electrons. The molecule has 1 amide bonds. The molecule has 2 aromatic heterocycles. The van der Waals surface area contributed by atoms with Gasteiger partial charge in [-0.15, -0.1) is 0 Å².